The molecule has 0 unspecified atom stereocenters. The van der Waals surface area contributed by atoms with E-state index in [1.807, 2.05) is 0 Å². The Morgan fingerprint density at radius 1 is 0.778 bits per heavy atom. The van der Waals surface area contributed by atoms with Gasteiger partial charge in [0.15, 0.2) is 5.65 Å². The van der Waals surface area contributed by atoms with Crippen LogP contribution in [0.5, 0.6) is 0 Å². The highest BCUT2D eigenvalue weighted by atomic mass is 19.4. The molecule has 0 bridgehead atoms. The molecule has 4 rings (SSSR count). The highest BCUT2D eigenvalue weighted by Gasteiger charge is 2.39. The van der Waals surface area contributed by atoms with Crippen molar-refractivity contribution in [3.63, 3.8) is 0 Å². The van der Waals surface area contributed by atoms with Gasteiger partial charge in [0.2, 0.25) is 0 Å². The molecule has 2 heterocycles. The largest absolute Gasteiger partial charge is 0.419 e. The quantitative estimate of drug-likeness (QED) is 0.398. The van der Waals surface area contributed by atoms with Crippen molar-refractivity contribution in [1.82, 2.24) is 9.97 Å². The molecule has 134 valence electrons. The van der Waals surface area contributed by atoms with Gasteiger partial charge in [-0.15, -0.1) is 0 Å². The van der Waals surface area contributed by atoms with Gasteiger partial charge in [-0.2, -0.15) is 13.2 Å². The molecule has 2 nitrogen and oxygen atoms in total. The number of benzene rings is 2. The topological polar surface area (TPSA) is 25.8 Å². The number of aromatic nitrogens is 2. The van der Waals surface area contributed by atoms with Crippen molar-refractivity contribution in [1.29, 1.82) is 0 Å². The summed E-state index contributed by atoms with van der Waals surface area (Å²) in [5.74, 6) is -0.773. The normalized spacial score (nSPS) is 11.7. The highest BCUT2D eigenvalue weighted by molar-refractivity contribution is 5.98. The number of nitrogens with zero attached hydrogens (tertiary/aromatic N) is 2. The lowest BCUT2D eigenvalue weighted by Crippen LogP contribution is -2.12. The summed E-state index contributed by atoms with van der Waals surface area (Å²) in [6.45, 7) is 0. The second-order valence-electron chi connectivity index (χ2n) is 5.93. The van der Waals surface area contributed by atoms with Gasteiger partial charge in [0.25, 0.3) is 0 Å². The van der Waals surface area contributed by atoms with Crippen LogP contribution in [0.15, 0.2) is 72.9 Å². The minimum atomic E-state index is -4.74. The molecule has 0 atom stereocenters. The SMILES string of the molecule is Fc1ccccc1-c1nc2ncccc2c(-c2ccccc2)c1C(F)(F)F. The summed E-state index contributed by atoms with van der Waals surface area (Å²) in [4.78, 5) is 8.19. The maximum atomic E-state index is 14.3. The Labute approximate surface area is 152 Å². The van der Waals surface area contributed by atoms with Crippen LogP contribution in [0.2, 0.25) is 0 Å². The Morgan fingerprint density at radius 2 is 1.48 bits per heavy atom. The molecule has 0 aliphatic heterocycles. The van der Waals surface area contributed by atoms with E-state index in [1.54, 1.807) is 36.4 Å². The zero-order valence-electron chi connectivity index (χ0n) is 13.8. The first-order valence-corrected chi connectivity index (χ1v) is 8.13. The Kier molecular flexibility index (Phi) is 4.11. The standard InChI is InChI=1S/C21H12F4N2/c22-16-11-5-4-9-14(16)19-18(21(23,24)25)17(13-7-2-1-3-8-13)15-10-6-12-26-20(15)27-19/h1-12H. The predicted molar refractivity (Wildman–Crippen MR) is 95.4 cm³/mol. The molecule has 2 aromatic heterocycles. The number of rotatable bonds is 2. The van der Waals surface area contributed by atoms with Crippen LogP contribution in [-0.4, -0.2) is 9.97 Å². The molecule has 0 saturated heterocycles. The average molecular weight is 368 g/mol. The van der Waals surface area contributed by atoms with Crippen molar-refractivity contribution in [2.24, 2.45) is 0 Å². The Balaban J connectivity index is 2.21. The lowest BCUT2D eigenvalue weighted by molar-refractivity contribution is -0.136. The Morgan fingerprint density at radius 3 is 2.19 bits per heavy atom. The van der Waals surface area contributed by atoms with E-state index in [-0.39, 0.29) is 22.2 Å². The second-order valence-corrected chi connectivity index (χ2v) is 5.93. The van der Waals surface area contributed by atoms with E-state index in [0.717, 1.165) is 6.07 Å². The number of hydrogen-bond donors (Lipinski definition) is 0. The summed E-state index contributed by atoms with van der Waals surface area (Å²) < 4.78 is 56.8. The number of hydrogen-bond acceptors (Lipinski definition) is 2. The molecule has 0 aliphatic carbocycles. The molecular weight excluding hydrogens is 356 g/mol. The van der Waals surface area contributed by atoms with Crippen LogP contribution >= 0.6 is 0 Å². The van der Waals surface area contributed by atoms with Crippen LogP contribution in [0.4, 0.5) is 17.6 Å². The van der Waals surface area contributed by atoms with E-state index in [1.165, 1.54) is 30.5 Å². The third-order valence-electron chi connectivity index (χ3n) is 4.24. The zero-order valence-corrected chi connectivity index (χ0v) is 13.8. The fraction of sp³-hybridized carbons (Fsp3) is 0.0476. The monoisotopic (exact) mass is 368 g/mol. The maximum Gasteiger partial charge on any atom is 0.419 e. The van der Waals surface area contributed by atoms with Gasteiger partial charge in [-0.25, -0.2) is 14.4 Å². The first kappa shape index (κ1) is 17.1. The van der Waals surface area contributed by atoms with E-state index in [0.29, 0.717) is 5.56 Å². The van der Waals surface area contributed by atoms with Crippen LogP contribution in [-0.2, 0) is 6.18 Å². The molecule has 27 heavy (non-hydrogen) atoms. The van der Waals surface area contributed by atoms with Crippen molar-refractivity contribution >= 4 is 11.0 Å². The number of pyridine rings is 2. The van der Waals surface area contributed by atoms with Gasteiger partial charge < -0.3 is 0 Å². The summed E-state index contributed by atoms with van der Waals surface area (Å²) in [5.41, 5.74) is -1.22. The molecule has 0 N–H and O–H groups in total. The predicted octanol–water partition coefficient (Wildman–Crippen LogP) is 6.12. The van der Waals surface area contributed by atoms with Crippen LogP contribution in [0, 0.1) is 5.82 Å². The molecule has 4 aromatic rings. The molecular formula is C21H12F4N2. The molecule has 0 amide bonds. The van der Waals surface area contributed by atoms with Gasteiger partial charge in [-0.1, -0.05) is 42.5 Å². The van der Waals surface area contributed by atoms with E-state index in [4.69, 9.17) is 0 Å². The summed E-state index contributed by atoms with van der Waals surface area (Å²) in [6.07, 6.45) is -3.29. The first-order valence-electron chi connectivity index (χ1n) is 8.13. The number of fused-ring (bicyclic) bond motifs is 1. The van der Waals surface area contributed by atoms with Gasteiger partial charge >= 0.3 is 6.18 Å². The lowest BCUT2D eigenvalue weighted by Gasteiger charge is -2.19. The minimum Gasteiger partial charge on any atom is -0.237 e. The van der Waals surface area contributed by atoms with E-state index in [9.17, 15) is 17.6 Å². The van der Waals surface area contributed by atoms with Crippen molar-refractivity contribution in [2.75, 3.05) is 0 Å². The zero-order chi connectivity index (χ0) is 19.0. The molecule has 0 fully saturated rings. The van der Waals surface area contributed by atoms with Gasteiger partial charge in [0, 0.05) is 22.7 Å². The van der Waals surface area contributed by atoms with Crippen LogP contribution < -0.4 is 0 Å². The van der Waals surface area contributed by atoms with E-state index < -0.39 is 23.3 Å². The summed E-state index contributed by atoms with van der Waals surface area (Å²) in [5, 5.41) is 0.260. The van der Waals surface area contributed by atoms with Crippen molar-refractivity contribution in [2.45, 2.75) is 6.18 Å². The van der Waals surface area contributed by atoms with Gasteiger partial charge in [0.1, 0.15) is 5.82 Å². The molecule has 0 aliphatic rings. The van der Waals surface area contributed by atoms with Crippen molar-refractivity contribution in [3.05, 3.63) is 84.3 Å². The molecule has 6 heteroatoms. The summed E-state index contributed by atoms with van der Waals surface area (Å²) >= 11 is 0. The summed E-state index contributed by atoms with van der Waals surface area (Å²) in [7, 11) is 0. The first-order chi connectivity index (χ1) is 13.0. The number of alkyl halides is 3. The van der Waals surface area contributed by atoms with Crippen molar-refractivity contribution < 1.29 is 17.6 Å². The Hall–Kier alpha value is -3.28. The third kappa shape index (κ3) is 3.03. The highest BCUT2D eigenvalue weighted by Crippen LogP contribution is 2.45. The third-order valence-corrected chi connectivity index (χ3v) is 4.24. The Bertz CT molecular complexity index is 1120. The fourth-order valence-corrected chi connectivity index (χ4v) is 3.12. The van der Waals surface area contributed by atoms with Crippen LogP contribution in [0.3, 0.4) is 0 Å². The van der Waals surface area contributed by atoms with Gasteiger partial charge in [-0.3, -0.25) is 0 Å². The smallest absolute Gasteiger partial charge is 0.237 e. The lowest BCUT2D eigenvalue weighted by atomic mass is 9.92. The number of halogens is 4. The molecule has 2 aromatic carbocycles. The fourth-order valence-electron chi connectivity index (χ4n) is 3.12. The van der Waals surface area contributed by atoms with Gasteiger partial charge in [-0.05, 0) is 29.8 Å². The molecule has 0 radical (unpaired) electrons. The van der Waals surface area contributed by atoms with Gasteiger partial charge in [0.05, 0.1) is 11.3 Å². The average Bonchev–Trinajstić information content (AvgIpc) is 2.67. The van der Waals surface area contributed by atoms with E-state index in [2.05, 4.69) is 9.97 Å². The van der Waals surface area contributed by atoms with Crippen molar-refractivity contribution in [3.8, 4) is 22.4 Å². The molecule has 0 spiro atoms. The van der Waals surface area contributed by atoms with Crippen LogP contribution in [0.1, 0.15) is 5.56 Å². The minimum absolute atomic E-state index is 0.0561. The van der Waals surface area contributed by atoms with E-state index >= 15 is 0 Å². The molecule has 0 saturated carbocycles. The summed E-state index contributed by atoms with van der Waals surface area (Å²) in [6, 6.07) is 16.6. The maximum absolute atomic E-state index is 14.3. The van der Waals surface area contributed by atoms with Crippen LogP contribution in [0.25, 0.3) is 33.4 Å². The second kappa shape index (κ2) is 6.46.